The van der Waals surface area contributed by atoms with Crippen molar-refractivity contribution in [1.29, 1.82) is 0 Å². The van der Waals surface area contributed by atoms with Gasteiger partial charge >= 0.3 is 5.97 Å². The Morgan fingerprint density at radius 1 is 1.30 bits per heavy atom. The second-order valence-electron chi connectivity index (χ2n) is 3.97. The highest BCUT2D eigenvalue weighted by Crippen LogP contribution is 2.23. The number of hydrogen-bond acceptors (Lipinski definition) is 5. The predicted octanol–water partition coefficient (Wildman–Crippen LogP) is 2.55. The number of nitrogens with one attached hydrogen (secondary N) is 1. The summed E-state index contributed by atoms with van der Waals surface area (Å²) in [5, 5.41) is 12.3. The van der Waals surface area contributed by atoms with Gasteiger partial charge in [-0.3, -0.25) is 0 Å². The largest absolute Gasteiger partial charge is 0.477 e. The summed E-state index contributed by atoms with van der Waals surface area (Å²) in [6, 6.07) is 3.27. The number of sulfonamides is 1. The summed E-state index contributed by atoms with van der Waals surface area (Å²) in [5.74, 6) is -1.23. The fraction of sp³-hybridized carbons (Fsp3) is 0.250. The molecule has 0 fully saturated rings. The molecule has 0 aromatic carbocycles. The molecule has 0 radical (unpaired) electrons. The molecule has 0 aliphatic rings. The molecule has 2 rings (SSSR count). The van der Waals surface area contributed by atoms with Gasteiger partial charge in [0.05, 0.1) is 0 Å². The number of aromatic carboxylic acids is 1. The maximum atomic E-state index is 12.2. The van der Waals surface area contributed by atoms with Gasteiger partial charge in [0.15, 0.2) is 0 Å². The minimum absolute atomic E-state index is 0.167. The van der Waals surface area contributed by atoms with Crippen LogP contribution in [0.3, 0.4) is 0 Å². The molecule has 0 saturated heterocycles. The van der Waals surface area contributed by atoms with Crippen LogP contribution in [0.25, 0.3) is 0 Å². The van der Waals surface area contributed by atoms with E-state index < -0.39 is 16.0 Å². The Morgan fingerprint density at radius 3 is 2.65 bits per heavy atom. The molecule has 0 bridgehead atoms. The number of thiophene rings is 2. The molecule has 0 saturated carbocycles. The zero-order valence-corrected chi connectivity index (χ0v) is 13.1. The van der Waals surface area contributed by atoms with Gasteiger partial charge in [-0.05, 0) is 34.9 Å². The van der Waals surface area contributed by atoms with E-state index in [4.69, 9.17) is 5.11 Å². The number of carbonyl (C=O) groups is 1. The summed E-state index contributed by atoms with van der Waals surface area (Å²) in [7, 11) is -3.81. The molecule has 2 N–H and O–H groups in total. The lowest BCUT2D eigenvalue weighted by Gasteiger charge is -2.06. The molecule has 0 amide bonds. The summed E-state index contributed by atoms with van der Waals surface area (Å²) in [6.45, 7) is 2.18. The molecule has 2 aromatic heterocycles. The summed E-state index contributed by atoms with van der Waals surface area (Å²) in [6.07, 6.45) is 0.833. The third-order valence-corrected chi connectivity index (χ3v) is 6.19. The van der Waals surface area contributed by atoms with E-state index in [9.17, 15) is 13.2 Å². The van der Waals surface area contributed by atoms with Gasteiger partial charge in [0.25, 0.3) is 0 Å². The molecular formula is C12H13NO4S3. The maximum absolute atomic E-state index is 12.2. The van der Waals surface area contributed by atoms with Crippen LogP contribution < -0.4 is 4.72 Å². The van der Waals surface area contributed by atoms with Crippen LogP contribution in [0.1, 0.15) is 27.0 Å². The van der Waals surface area contributed by atoms with Gasteiger partial charge in [-0.2, -0.15) is 0 Å². The molecule has 8 heteroatoms. The van der Waals surface area contributed by atoms with Crippen LogP contribution in [0.4, 0.5) is 0 Å². The van der Waals surface area contributed by atoms with Gasteiger partial charge in [0.1, 0.15) is 9.77 Å². The van der Waals surface area contributed by atoms with Crippen molar-refractivity contribution in [3.05, 3.63) is 38.2 Å². The van der Waals surface area contributed by atoms with Crippen LogP contribution in [0.2, 0.25) is 0 Å². The molecule has 108 valence electrons. The first kappa shape index (κ1) is 15.2. The quantitative estimate of drug-likeness (QED) is 0.852. The van der Waals surface area contributed by atoms with Gasteiger partial charge in [0, 0.05) is 11.4 Å². The lowest BCUT2D eigenvalue weighted by atomic mass is 10.2. The molecule has 0 spiro atoms. The van der Waals surface area contributed by atoms with Crippen LogP contribution in [-0.2, 0) is 23.0 Å². The van der Waals surface area contributed by atoms with Crippen LogP contribution in [0, 0.1) is 0 Å². The predicted molar refractivity (Wildman–Crippen MR) is 79.0 cm³/mol. The fourth-order valence-corrected chi connectivity index (χ4v) is 5.00. The van der Waals surface area contributed by atoms with Gasteiger partial charge in [-0.1, -0.05) is 6.92 Å². The van der Waals surface area contributed by atoms with E-state index in [2.05, 4.69) is 4.72 Å². The number of carboxylic acid groups (broad SMARTS) is 1. The molecule has 5 nitrogen and oxygen atoms in total. The topological polar surface area (TPSA) is 83.5 Å². The Morgan fingerprint density at radius 2 is 2.00 bits per heavy atom. The highest BCUT2D eigenvalue weighted by Gasteiger charge is 2.23. The lowest BCUT2D eigenvalue weighted by molar-refractivity contribution is 0.0698. The Hall–Kier alpha value is -1.22. The SMILES string of the molecule is CCc1ccsc1CNS(=O)(=O)c1ccsc1C(=O)O. The summed E-state index contributed by atoms with van der Waals surface area (Å²) >= 11 is 2.38. The first-order valence-corrected chi connectivity index (χ1v) is 9.05. The zero-order chi connectivity index (χ0) is 14.8. The second-order valence-corrected chi connectivity index (χ2v) is 7.62. The molecule has 0 aliphatic heterocycles. The molecule has 20 heavy (non-hydrogen) atoms. The van der Waals surface area contributed by atoms with Crippen molar-refractivity contribution in [2.24, 2.45) is 0 Å². The monoisotopic (exact) mass is 331 g/mol. The van der Waals surface area contributed by atoms with Gasteiger partial charge in [-0.15, -0.1) is 22.7 Å². The molecule has 0 aliphatic carbocycles. The van der Waals surface area contributed by atoms with Crippen molar-refractivity contribution in [3.63, 3.8) is 0 Å². The van der Waals surface area contributed by atoms with E-state index in [-0.39, 0.29) is 16.3 Å². The van der Waals surface area contributed by atoms with Crippen LogP contribution >= 0.6 is 22.7 Å². The summed E-state index contributed by atoms with van der Waals surface area (Å²) in [5.41, 5.74) is 1.10. The molecular weight excluding hydrogens is 318 g/mol. The Balaban J connectivity index is 2.20. The second kappa shape index (κ2) is 6.04. The third-order valence-electron chi connectivity index (χ3n) is 2.75. The first-order chi connectivity index (χ1) is 9.45. The number of aryl methyl sites for hydroxylation is 1. The van der Waals surface area contributed by atoms with E-state index in [1.54, 1.807) is 0 Å². The van der Waals surface area contributed by atoms with Crippen LogP contribution in [0.15, 0.2) is 27.8 Å². The van der Waals surface area contributed by atoms with Crippen molar-refractivity contribution >= 4 is 38.7 Å². The van der Waals surface area contributed by atoms with E-state index in [1.807, 2.05) is 18.4 Å². The highest BCUT2D eigenvalue weighted by atomic mass is 32.2. The van der Waals surface area contributed by atoms with E-state index in [0.29, 0.717) is 0 Å². The van der Waals surface area contributed by atoms with Crippen LogP contribution in [0.5, 0.6) is 0 Å². The third kappa shape index (κ3) is 3.09. The standard InChI is InChI=1S/C12H13NO4S3/c1-2-8-3-5-18-9(8)7-13-20(16,17)10-4-6-19-11(10)12(14)15/h3-6,13H,2,7H2,1H3,(H,14,15). The molecule has 0 unspecified atom stereocenters. The molecule has 0 atom stereocenters. The van der Waals surface area contributed by atoms with Gasteiger partial charge in [0.2, 0.25) is 10.0 Å². The van der Waals surface area contributed by atoms with Crippen molar-refractivity contribution in [2.75, 3.05) is 0 Å². The minimum atomic E-state index is -3.81. The number of rotatable bonds is 6. The Bertz CT molecular complexity index is 715. The first-order valence-electron chi connectivity index (χ1n) is 5.81. The van der Waals surface area contributed by atoms with E-state index >= 15 is 0 Å². The smallest absolute Gasteiger partial charge is 0.347 e. The lowest BCUT2D eigenvalue weighted by Crippen LogP contribution is -2.24. The van der Waals surface area contributed by atoms with E-state index in [0.717, 1.165) is 28.2 Å². The van der Waals surface area contributed by atoms with Gasteiger partial charge in [-0.25, -0.2) is 17.9 Å². The molecule has 2 aromatic rings. The average molecular weight is 331 g/mol. The summed E-state index contributed by atoms with van der Waals surface area (Å²) in [4.78, 5) is 11.6. The van der Waals surface area contributed by atoms with Crippen molar-refractivity contribution in [1.82, 2.24) is 4.72 Å². The highest BCUT2D eigenvalue weighted by molar-refractivity contribution is 7.89. The molecule has 2 heterocycles. The minimum Gasteiger partial charge on any atom is -0.477 e. The van der Waals surface area contributed by atoms with Crippen molar-refractivity contribution in [2.45, 2.75) is 24.8 Å². The van der Waals surface area contributed by atoms with Crippen molar-refractivity contribution < 1.29 is 18.3 Å². The average Bonchev–Trinajstić information content (AvgIpc) is 3.05. The van der Waals surface area contributed by atoms with Gasteiger partial charge < -0.3 is 5.11 Å². The van der Waals surface area contributed by atoms with Crippen LogP contribution in [-0.4, -0.2) is 19.5 Å². The zero-order valence-electron chi connectivity index (χ0n) is 10.6. The number of hydrogen-bond donors (Lipinski definition) is 2. The summed E-state index contributed by atoms with van der Waals surface area (Å²) < 4.78 is 26.8. The van der Waals surface area contributed by atoms with Crippen molar-refractivity contribution in [3.8, 4) is 0 Å². The Labute approximate surface area is 124 Å². The number of carboxylic acids is 1. The fourth-order valence-electron chi connectivity index (χ4n) is 1.74. The maximum Gasteiger partial charge on any atom is 0.347 e. The normalized spacial score (nSPS) is 11.7. The van der Waals surface area contributed by atoms with E-state index in [1.165, 1.54) is 22.8 Å². The Kier molecular flexibility index (Phi) is 4.59.